The first-order valence-corrected chi connectivity index (χ1v) is 7.39. The number of likely N-dealkylation sites (tertiary alicyclic amines) is 1. The minimum atomic E-state index is -0.231. The Bertz CT molecular complexity index is 282. The van der Waals surface area contributed by atoms with E-state index in [4.69, 9.17) is 5.73 Å². The van der Waals surface area contributed by atoms with Crippen LogP contribution < -0.4 is 11.1 Å². The third-order valence-corrected chi connectivity index (χ3v) is 4.80. The maximum Gasteiger partial charge on any atom is 0.234 e. The molecule has 2 aliphatic rings. The average Bonchev–Trinajstić information content (AvgIpc) is 2.39. The minimum Gasteiger partial charge on any atom is -0.368 e. The van der Waals surface area contributed by atoms with E-state index in [1.807, 2.05) is 7.05 Å². The molecule has 0 aromatic carbocycles. The summed E-state index contributed by atoms with van der Waals surface area (Å²) in [5, 5.41) is 3.00. The van der Waals surface area contributed by atoms with E-state index >= 15 is 0 Å². The fourth-order valence-corrected chi connectivity index (χ4v) is 3.62. The lowest BCUT2D eigenvalue weighted by Crippen LogP contribution is -2.45. The van der Waals surface area contributed by atoms with Gasteiger partial charge in [0.25, 0.3) is 0 Å². The van der Waals surface area contributed by atoms with E-state index in [2.05, 4.69) is 10.2 Å². The third-order valence-electron chi connectivity index (χ3n) is 4.80. The van der Waals surface area contributed by atoms with Crippen molar-refractivity contribution in [3.8, 4) is 0 Å². The number of nitrogens with one attached hydrogen (secondary N) is 1. The molecule has 1 aliphatic carbocycles. The van der Waals surface area contributed by atoms with Gasteiger partial charge in [0.1, 0.15) is 0 Å². The minimum absolute atomic E-state index is 0.172. The summed E-state index contributed by atoms with van der Waals surface area (Å²) in [7, 11) is 1.81. The van der Waals surface area contributed by atoms with Crippen LogP contribution in [-0.2, 0) is 4.79 Å². The van der Waals surface area contributed by atoms with Gasteiger partial charge in [-0.15, -0.1) is 0 Å². The molecular weight excluding hydrogens is 226 g/mol. The standard InChI is InChI=1S/C14H27N3O/c1-16-13(14(15)18)7-9-17-8-6-11-4-2-3-5-12(11)10-17/h11-13,16H,2-10H2,1H3,(H2,15,18). The van der Waals surface area contributed by atoms with Crippen LogP contribution in [0.25, 0.3) is 0 Å². The van der Waals surface area contributed by atoms with Crippen LogP contribution in [0.1, 0.15) is 38.5 Å². The van der Waals surface area contributed by atoms with E-state index in [0.717, 1.165) is 24.8 Å². The van der Waals surface area contributed by atoms with Crippen molar-refractivity contribution in [2.45, 2.75) is 44.6 Å². The number of fused-ring (bicyclic) bond motifs is 1. The fraction of sp³-hybridized carbons (Fsp3) is 0.929. The summed E-state index contributed by atoms with van der Waals surface area (Å²) in [5.41, 5.74) is 5.35. The van der Waals surface area contributed by atoms with Crippen LogP contribution in [0.3, 0.4) is 0 Å². The van der Waals surface area contributed by atoms with Crippen LogP contribution in [0.15, 0.2) is 0 Å². The lowest BCUT2D eigenvalue weighted by molar-refractivity contribution is -0.120. The number of primary amides is 1. The molecule has 0 radical (unpaired) electrons. The highest BCUT2D eigenvalue weighted by molar-refractivity contribution is 5.79. The molecule has 0 bridgehead atoms. The van der Waals surface area contributed by atoms with Gasteiger partial charge >= 0.3 is 0 Å². The van der Waals surface area contributed by atoms with Gasteiger partial charge in [0, 0.05) is 13.1 Å². The summed E-state index contributed by atoms with van der Waals surface area (Å²) in [5.74, 6) is 1.66. The average molecular weight is 253 g/mol. The van der Waals surface area contributed by atoms with Gasteiger partial charge in [0.05, 0.1) is 6.04 Å². The molecule has 1 amide bonds. The normalized spacial score (nSPS) is 30.7. The van der Waals surface area contributed by atoms with Crippen molar-refractivity contribution in [2.24, 2.45) is 17.6 Å². The van der Waals surface area contributed by atoms with E-state index in [1.165, 1.54) is 45.2 Å². The second-order valence-corrected chi connectivity index (χ2v) is 5.93. The zero-order valence-corrected chi connectivity index (χ0v) is 11.5. The predicted molar refractivity (Wildman–Crippen MR) is 73.2 cm³/mol. The first kappa shape index (κ1) is 13.8. The molecule has 0 aromatic rings. The number of piperidine rings is 1. The highest BCUT2D eigenvalue weighted by Gasteiger charge is 2.31. The van der Waals surface area contributed by atoms with Crippen LogP contribution in [0.2, 0.25) is 0 Å². The lowest BCUT2D eigenvalue weighted by atomic mass is 9.75. The predicted octanol–water partition coefficient (Wildman–Crippen LogP) is 0.962. The Morgan fingerprint density at radius 1 is 1.33 bits per heavy atom. The smallest absolute Gasteiger partial charge is 0.234 e. The Morgan fingerprint density at radius 2 is 2.06 bits per heavy atom. The molecule has 0 spiro atoms. The monoisotopic (exact) mass is 253 g/mol. The van der Waals surface area contributed by atoms with Crippen molar-refractivity contribution < 1.29 is 4.79 Å². The summed E-state index contributed by atoms with van der Waals surface area (Å²) in [4.78, 5) is 13.7. The van der Waals surface area contributed by atoms with Gasteiger partial charge in [0.2, 0.25) is 5.91 Å². The van der Waals surface area contributed by atoms with Crippen LogP contribution in [0.5, 0.6) is 0 Å². The number of likely N-dealkylation sites (N-methyl/N-ethyl adjacent to an activating group) is 1. The third kappa shape index (κ3) is 3.45. The van der Waals surface area contributed by atoms with Crippen molar-refractivity contribution in [3.63, 3.8) is 0 Å². The first-order valence-electron chi connectivity index (χ1n) is 7.39. The molecule has 1 saturated heterocycles. The number of nitrogens with zero attached hydrogens (tertiary/aromatic N) is 1. The van der Waals surface area contributed by atoms with Gasteiger partial charge in [0.15, 0.2) is 0 Å². The second kappa shape index (κ2) is 6.53. The zero-order chi connectivity index (χ0) is 13.0. The lowest BCUT2D eigenvalue weighted by Gasteiger charge is -2.41. The van der Waals surface area contributed by atoms with Crippen molar-refractivity contribution in [1.29, 1.82) is 0 Å². The summed E-state index contributed by atoms with van der Waals surface area (Å²) < 4.78 is 0. The summed E-state index contributed by atoms with van der Waals surface area (Å²) in [6.45, 7) is 3.44. The Kier molecular flexibility index (Phi) is 5.01. The van der Waals surface area contributed by atoms with Crippen LogP contribution in [0, 0.1) is 11.8 Å². The van der Waals surface area contributed by atoms with Crippen molar-refractivity contribution >= 4 is 5.91 Å². The molecule has 18 heavy (non-hydrogen) atoms. The fourth-order valence-electron chi connectivity index (χ4n) is 3.62. The Balaban J connectivity index is 1.75. The molecule has 4 heteroatoms. The number of carbonyl (C=O) groups excluding carboxylic acids is 1. The van der Waals surface area contributed by atoms with Gasteiger partial charge in [-0.05, 0) is 44.7 Å². The molecule has 1 heterocycles. The highest BCUT2D eigenvalue weighted by atomic mass is 16.1. The Hall–Kier alpha value is -0.610. The molecule has 1 saturated carbocycles. The molecule has 0 aromatic heterocycles. The molecule has 104 valence electrons. The zero-order valence-electron chi connectivity index (χ0n) is 11.5. The summed E-state index contributed by atoms with van der Waals surface area (Å²) in [6.07, 6.45) is 7.89. The van der Waals surface area contributed by atoms with E-state index in [9.17, 15) is 4.79 Å². The largest absolute Gasteiger partial charge is 0.368 e. The van der Waals surface area contributed by atoms with E-state index < -0.39 is 0 Å². The maximum absolute atomic E-state index is 11.2. The molecule has 3 N–H and O–H groups in total. The van der Waals surface area contributed by atoms with Crippen molar-refractivity contribution in [3.05, 3.63) is 0 Å². The molecule has 1 aliphatic heterocycles. The SMILES string of the molecule is CNC(CCN1CCC2CCCCC2C1)C(N)=O. The number of carbonyl (C=O) groups is 1. The van der Waals surface area contributed by atoms with Gasteiger partial charge in [-0.1, -0.05) is 19.3 Å². The molecule has 2 fully saturated rings. The van der Waals surface area contributed by atoms with Crippen LogP contribution >= 0.6 is 0 Å². The van der Waals surface area contributed by atoms with Crippen LogP contribution in [-0.4, -0.2) is 43.5 Å². The van der Waals surface area contributed by atoms with Gasteiger partial charge in [-0.3, -0.25) is 4.79 Å². The van der Waals surface area contributed by atoms with Crippen molar-refractivity contribution in [1.82, 2.24) is 10.2 Å². The highest BCUT2D eigenvalue weighted by Crippen LogP contribution is 2.35. The van der Waals surface area contributed by atoms with Crippen molar-refractivity contribution in [2.75, 3.05) is 26.7 Å². The van der Waals surface area contributed by atoms with E-state index in [-0.39, 0.29) is 11.9 Å². The molecule has 2 rings (SSSR count). The maximum atomic E-state index is 11.2. The molecule has 4 nitrogen and oxygen atoms in total. The number of rotatable bonds is 5. The summed E-state index contributed by atoms with van der Waals surface area (Å²) >= 11 is 0. The number of hydrogen-bond acceptors (Lipinski definition) is 3. The Morgan fingerprint density at radius 3 is 2.72 bits per heavy atom. The van der Waals surface area contributed by atoms with Gasteiger partial charge in [-0.25, -0.2) is 0 Å². The number of hydrogen-bond donors (Lipinski definition) is 2. The Labute approximate surface area is 110 Å². The molecular formula is C14H27N3O. The molecule has 3 unspecified atom stereocenters. The van der Waals surface area contributed by atoms with Gasteiger partial charge in [-0.2, -0.15) is 0 Å². The quantitative estimate of drug-likeness (QED) is 0.767. The summed E-state index contributed by atoms with van der Waals surface area (Å²) in [6, 6.07) is -0.172. The second-order valence-electron chi connectivity index (χ2n) is 5.93. The van der Waals surface area contributed by atoms with E-state index in [0.29, 0.717) is 0 Å². The van der Waals surface area contributed by atoms with E-state index in [1.54, 1.807) is 0 Å². The number of amides is 1. The topological polar surface area (TPSA) is 58.4 Å². The van der Waals surface area contributed by atoms with Gasteiger partial charge < -0.3 is 16.0 Å². The number of nitrogens with two attached hydrogens (primary N) is 1. The van der Waals surface area contributed by atoms with Crippen LogP contribution in [0.4, 0.5) is 0 Å². The first-order chi connectivity index (χ1) is 8.70. The molecule has 3 atom stereocenters.